The molecule has 146 valence electrons. The van der Waals surface area contributed by atoms with E-state index in [2.05, 4.69) is 27.7 Å². The molecule has 0 spiro atoms. The Labute approximate surface area is 151 Å². The maximum Gasteiger partial charge on any atom is 0.282 e. The Bertz CT molecular complexity index is 221. The lowest BCUT2D eigenvalue weighted by molar-refractivity contribution is -0.383. The molecule has 0 saturated heterocycles. The van der Waals surface area contributed by atoms with E-state index in [1.165, 1.54) is 51.4 Å². The van der Waals surface area contributed by atoms with Crippen molar-refractivity contribution in [1.82, 2.24) is 0 Å². The monoisotopic (exact) mass is 344 g/mol. The summed E-state index contributed by atoms with van der Waals surface area (Å²) >= 11 is 0. The molecule has 3 nitrogen and oxygen atoms in total. The number of ether oxygens (including phenoxy) is 3. The molecule has 0 unspecified atom stereocenters. The minimum absolute atomic E-state index is 0.699. The molecular formula is C21H44O3. The first-order valence-corrected chi connectivity index (χ1v) is 10.7. The molecule has 0 aromatic rings. The van der Waals surface area contributed by atoms with Gasteiger partial charge < -0.3 is 14.2 Å². The van der Waals surface area contributed by atoms with Gasteiger partial charge in [0.25, 0.3) is 5.97 Å². The van der Waals surface area contributed by atoms with Gasteiger partial charge in [-0.25, -0.2) is 0 Å². The Morgan fingerprint density at radius 2 is 0.833 bits per heavy atom. The Hall–Kier alpha value is -0.120. The smallest absolute Gasteiger partial charge is 0.282 e. The molecule has 0 atom stereocenters. The highest BCUT2D eigenvalue weighted by molar-refractivity contribution is 4.60. The molecule has 0 fully saturated rings. The van der Waals surface area contributed by atoms with Gasteiger partial charge in [0.15, 0.2) is 0 Å². The summed E-state index contributed by atoms with van der Waals surface area (Å²) in [6, 6.07) is 0. The van der Waals surface area contributed by atoms with Crippen LogP contribution in [0.2, 0.25) is 0 Å². The van der Waals surface area contributed by atoms with Crippen LogP contribution in [-0.2, 0) is 14.2 Å². The Kier molecular flexibility index (Phi) is 17.6. The predicted molar refractivity (Wildman–Crippen MR) is 103 cm³/mol. The van der Waals surface area contributed by atoms with Crippen molar-refractivity contribution in [2.24, 2.45) is 0 Å². The summed E-state index contributed by atoms with van der Waals surface area (Å²) in [6.45, 7) is 10.8. The fourth-order valence-electron chi connectivity index (χ4n) is 2.77. The summed E-state index contributed by atoms with van der Waals surface area (Å²) in [5.41, 5.74) is 0. The van der Waals surface area contributed by atoms with Gasteiger partial charge in [-0.05, 0) is 25.7 Å². The molecule has 3 heteroatoms. The van der Waals surface area contributed by atoms with E-state index in [1.54, 1.807) is 0 Å². The molecule has 0 radical (unpaired) electrons. The van der Waals surface area contributed by atoms with Crippen LogP contribution in [0.3, 0.4) is 0 Å². The molecule has 24 heavy (non-hydrogen) atoms. The van der Waals surface area contributed by atoms with Crippen LogP contribution in [0, 0.1) is 0 Å². The minimum Gasteiger partial charge on any atom is -0.327 e. The summed E-state index contributed by atoms with van der Waals surface area (Å²) < 4.78 is 18.0. The fourth-order valence-corrected chi connectivity index (χ4v) is 2.77. The van der Waals surface area contributed by atoms with E-state index in [9.17, 15) is 0 Å². The zero-order valence-corrected chi connectivity index (χ0v) is 17.0. The summed E-state index contributed by atoms with van der Waals surface area (Å²) in [7, 11) is 0. The van der Waals surface area contributed by atoms with Crippen LogP contribution in [0.25, 0.3) is 0 Å². The summed E-state index contributed by atoms with van der Waals surface area (Å²) in [5.74, 6) is -0.802. The van der Waals surface area contributed by atoms with Gasteiger partial charge in [-0.2, -0.15) is 0 Å². The van der Waals surface area contributed by atoms with Crippen LogP contribution in [0.15, 0.2) is 0 Å². The van der Waals surface area contributed by atoms with Crippen molar-refractivity contribution in [2.75, 3.05) is 19.8 Å². The second-order valence-electron chi connectivity index (χ2n) is 6.81. The molecule has 0 aromatic heterocycles. The number of hydrogen-bond donors (Lipinski definition) is 0. The van der Waals surface area contributed by atoms with E-state index in [-0.39, 0.29) is 0 Å². The Balaban J connectivity index is 4.07. The highest BCUT2D eigenvalue weighted by Crippen LogP contribution is 2.25. The maximum atomic E-state index is 6.01. The molecule has 0 bridgehead atoms. The van der Waals surface area contributed by atoms with Crippen molar-refractivity contribution in [1.29, 1.82) is 0 Å². The van der Waals surface area contributed by atoms with Gasteiger partial charge in [-0.3, -0.25) is 0 Å². The van der Waals surface area contributed by atoms with Crippen molar-refractivity contribution in [3.8, 4) is 0 Å². The Morgan fingerprint density at radius 3 is 1.21 bits per heavy atom. The fraction of sp³-hybridized carbons (Fsp3) is 1.00. The molecule has 0 N–H and O–H groups in total. The molecule has 0 heterocycles. The van der Waals surface area contributed by atoms with Crippen LogP contribution in [-0.4, -0.2) is 25.8 Å². The van der Waals surface area contributed by atoms with E-state index < -0.39 is 5.97 Å². The molecule has 0 aliphatic heterocycles. The van der Waals surface area contributed by atoms with Gasteiger partial charge in [0.05, 0.1) is 19.8 Å². The van der Waals surface area contributed by atoms with E-state index in [0.717, 1.165) is 32.1 Å². The van der Waals surface area contributed by atoms with Crippen LogP contribution < -0.4 is 0 Å². The third kappa shape index (κ3) is 13.2. The molecule has 0 saturated carbocycles. The first kappa shape index (κ1) is 23.9. The normalized spacial score (nSPS) is 12.0. The minimum atomic E-state index is -0.802. The van der Waals surface area contributed by atoms with Crippen LogP contribution in [0.1, 0.15) is 111 Å². The topological polar surface area (TPSA) is 27.7 Å². The quantitative estimate of drug-likeness (QED) is 0.190. The second-order valence-corrected chi connectivity index (χ2v) is 6.81. The summed E-state index contributed by atoms with van der Waals surface area (Å²) in [6.07, 6.45) is 15.8. The van der Waals surface area contributed by atoms with Gasteiger partial charge in [-0.1, -0.05) is 79.1 Å². The van der Waals surface area contributed by atoms with E-state index >= 15 is 0 Å². The largest absolute Gasteiger partial charge is 0.327 e. The van der Waals surface area contributed by atoms with Crippen LogP contribution in [0.5, 0.6) is 0 Å². The summed E-state index contributed by atoms with van der Waals surface area (Å²) in [4.78, 5) is 0. The van der Waals surface area contributed by atoms with Crippen molar-refractivity contribution < 1.29 is 14.2 Å². The van der Waals surface area contributed by atoms with Crippen molar-refractivity contribution in [3.63, 3.8) is 0 Å². The van der Waals surface area contributed by atoms with E-state index in [4.69, 9.17) is 14.2 Å². The molecule has 0 rings (SSSR count). The van der Waals surface area contributed by atoms with Crippen molar-refractivity contribution in [3.05, 3.63) is 0 Å². The van der Waals surface area contributed by atoms with Crippen LogP contribution in [0.4, 0.5) is 0 Å². The zero-order valence-electron chi connectivity index (χ0n) is 17.0. The summed E-state index contributed by atoms with van der Waals surface area (Å²) in [5, 5.41) is 0. The van der Waals surface area contributed by atoms with Gasteiger partial charge in [0.1, 0.15) is 0 Å². The molecular weight excluding hydrogens is 300 g/mol. The lowest BCUT2D eigenvalue weighted by Crippen LogP contribution is -2.40. The first-order valence-electron chi connectivity index (χ1n) is 10.7. The zero-order chi connectivity index (χ0) is 17.9. The predicted octanol–water partition coefficient (Wildman–Crippen LogP) is 6.84. The third-order valence-corrected chi connectivity index (χ3v) is 4.16. The van der Waals surface area contributed by atoms with E-state index in [1.807, 2.05) is 0 Å². The van der Waals surface area contributed by atoms with Crippen molar-refractivity contribution in [2.45, 2.75) is 117 Å². The molecule has 0 aliphatic rings. The SMILES string of the molecule is CCCCCCCCCCCC(OCCC)(OCCC)OCCC. The highest BCUT2D eigenvalue weighted by atomic mass is 16.9. The number of hydrogen-bond acceptors (Lipinski definition) is 3. The van der Waals surface area contributed by atoms with Gasteiger partial charge in [0, 0.05) is 6.42 Å². The lowest BCUT2D eigenvalue weighted by Gasteiger charge is -2.33. The maximum absolute atomic E-state index is 6.01. The number of unbranched alkanes of at least 4 members (excludes halogenated alkanes) is 8. The van der Waals surface area contributed by atoms with Crippen molar-refractivity contribution >= 4 is 0 Å². The second kappa shape index (κ2) is 17.7. The van der Waals surface area contributed by atoms with Crippen LogP contribution >= 0.6 is 0 Å². The third-order valence-electron chi connectivity index (χ3n) is 4.16. The Morgan fingerprint density at radius 1 is 0.458 bits per heavy atom. The first-order chi connectivity index (χ1) is 11.7. The molecule has 0 aromatic carbocycles. The molecule has 0 amide bonds. The lowest BCUT2D eigenvalue weighted by atomic mass is 10.1. The molecule has 0 aliphatic carbocycles. The van der Waals surface area contributed by atoms with E-state index in [0.29, 0.717) is 19.8 Å². The number of rotatable bonds is 19. The standard InChI is InChI=1S/C21H44O3/c1-5-9-10-11-12-13-14-15-16-17-21(22-18-6-2,23-19-7-3)24-20-8-4/h5-20H2,1-4H3. The van der Waals surface area contributed by atoms with Gasteiger partial charge >= 0.3 is 0 Å². The van der Waals surface area contributed by atoms with Gasteiger partial charge in [-0.15, -0.1) is 0 Å². The van der Waals surface area contributed by atoms with Gasteiger partial charge in [0.2, 0.25) is 0 Å². The average molecular weight is 345 g/mol. The average Bonchev–Trinajstić information content (AvgIpc) is 2.61. The highest BCUT2D eigenvalue weighted by Gasteiger charge is 2.32.